The van der Waals surface area contributed by atoms with Crippen molar-refractivity contribution < 1.29 is 22.7 Å². The fourth-order valence-corrected chi connectivity index (χ4v) is 5.84. The fourth-order valence-electron chi connectivity index (χ4n) is 3.92. The molecule has 142 valence electrons. The Morgan fingerprint density at radius 3 is 1.63 bits per heavy atom. The number of carbonyl (C=O) groups is 1. The Kier molecular flexibility index (Phi) is 4.22. The molecule has 2 saturated heterocycles. The summed E-state index contributed by atoms with van der Waals surface area (Å²) in [6.07, 6.45) is 0. The molecule has 2 aliphatic heterocycles. The zero-order chi connectivity index (χ0) is 19.2. The number of urea groups is 1. The first-order valence-corrected chi connectivity index (χ1v) is 10.4. The SMILES string of the molecule is COc1ccccc1N1C(=O)N(c2ccccc2OC)[C@H]2CS(=O)(=O)C[C@H]21. The van der Waals surface area contributed by atoms with E-state index in [9.17, 15) is 13.2 Å². The first-order chi connectivity index (χ1) is 13.0. The molecule has 0 radical (unpaired) electrons. The molecule has 0 spiro atoms. The van der Waals surface area contributed by atoms with E-state index in [1.165, 1.54) is 14.2 Å². The lowest BCUT2D eigenvalue weighted by Gasteiger charge is -2.24. The highest BCUT2D eigenvalue weighted by Crippen LogP contribution is 2.43. The number of amides is 2. The number of hydrogen-bond acceptors (Lipinski definition) is 5. The molecule has 0 unspecified atom stereocenters. The van der Waals surface area contributed by atoms with Crippen LogP contribution in [0, 0.1) is 0 Å². The van der Waals surface area contributed by atoms with Crippen LogP contribution in [-0.4, -0.2) is 52.3 Å². The third-order valence-electron chi connectivity index (χ3n) is 5.06. The molecule has 2 heterocycles. The number of fused-ring (bicyclic) bond motifs is 1. The number of nitrogens with zero attached hydrogens (tertiary/aromatic N) is 2. The van der Waals surface area contributed by atoms with Gasteiger partial charge < -0.3 is 9.47 Å². The van der Waals surface area contributed by atoms with Gasteiger partial charge >= 0.3 is 6.03 Å². The molecule has 2 aromatic rings. The summed E-state index contributed by atoms with van der Waals surface area (Å²) in [4.78, 5) is 16.5. The number of ether oxygens (including phenoxy) is 2. The largest absolute Gasteiger partial charge is 0.495 e. The molecule has 0 N–H and O–H groups in total. The predicted molar refractivity (Wildman–Crippen MR) is 103 cm³/mol. The van der Waals surface area contributed by atoms with E-state index < -0.39 is 21.9 Å². The number of sulfone groups is 1. The lowest BCUT2D eigenvalue weighted by molar-refractivity contribution is 0.254. The van der Waals surface area contributed by atoms with Crippen LogP contribution < -0.4 is 19.3 Å². The standard InChI is InChI=1S/C19H20N2O5S/c1-25-17-9-5-3-7-13(17)20-15-11-27(23,24)12-16(15)21(19(20)22)14-8-4-6-10-18(14)26-2/h3-10,15-16H,11-12H2,1-2H3/t15-,16+. The summed E-state index contributed by atoms with van der Waals surface area (Å²) in [5.74, 6) is 0.895. The highest BCUT2D eigenvalue weighted by molar-refractivity contribution is 7.91. The first kappa shape index (κ1) is 17.7. The number of rotatable bonds is 4. The number of anilines is 2. The monoisotopic (exact) mass is 388 g/mol. The Balaban J connectivity index is 1.86. The second kappa shape index (κ2) is 6.45. The Hall–Kier alpha value is -2.74. The molecule has 2 aromatic carbocycles. The third-order valence-corrected chi connectivity index (χ3v) is 6.76. The van der Waals surface area contributed by atoms with Crippen LogP contribution >= 0.6 is 0 Å². The van der Waals surface area contributed by atoms with Crippen molar-refractivity contribution in [2.45, 2.75) is 12.1 Å². The minimum atomic E-state index is -3.27. The number of carbonyl (C=O) groups excluding carboxylic acids is 1. The van der Waals surface area contributed by atoms with Crippen molar-refractivity contribution in [1.82, 2.24) is 0 Å². The van der Waals surface area contributed by atoms with Crippen LogP contribution in [0.5, 0.6) is 11.5 Å². The summed E-state index contributed by atoms with van der Waals surface area (Å²) in [6, 6.07) is 13.0. The molecule has 2 atom stereocenters. The Morgan fingerprint density at radius 2 is 1.22 bits per heavy atom. The maximum absolute atomic E-state index is 13.4. The van der Waals surface area contributed by atoms with Gasteiger partial charge in [0, 0.05) is 0 Å². The summed E-state index contributed by atoms with van der Waals surface area (Å²) in [5.41, 5.74) is 1.13. The van der Waals surface area contributed by atoms with Gasteiger partial charge in [0.25, 0.3) is 0 Å². The van der Waals surface area contributed by atoms with Gasteiger partial charge in [0.05, 0.1) is 49.2 Å². The van der Waals surface area contributed by atoms with Gasteiger partial charge in [0.2, 0.25) is 0 Å². The van der Waals surface area contributed by atoms with E-state index in [0.717, 1.165) is 0 Å². The van der Waals surface area contributed by atoms with E-state index in [0.29, 0.717) is 22.9 Å². The predicted octanol–water partition coefficient (Wildman–Crippen LogP) is 2.32. The van der Waals surface area contributed by atoms with Crippen molar-refractivity contribution in [1.29, 1.82) is 0 Å². The lowest BCUT2D eigenvalue weighted by atomic mass is 10.1. The van der Waals surface area contributed by atoms with Crippen LogP contribution in [0.3, 0.4) is 0 Å². The van der Waals surface area contributed by atoms with E-state index in [1.807, 2.05) is 12.1 Å². The molecule has 0 bridgehead atoms. The second-order valence-corrected chi connectivity index (χ2v) is 8.73. The van der Waals surface area contributed by atoms with E-state index >= 15 is 0 Å². The van der Waals surface area contributed by atoms with Crippen LogP contribution in [0.15, 0.2) is 48.5 Å². The van der Waals surface area contributed by atoms with E-state index in [2.05, 4.69) is 0 Å². The minimum absolute atomic E-state index is 0.0763. The van der Waals surface area contributed by atoms with Gasteiger partial charge in [-0.2, -0.15) is 0 Å². The molecule has 8 heteroatoms. The summed E-state index contributed by atoms with van der Waals surface area (Å²) in [5, 5.41) is 0. The number of benzene rings is 2. The van der Waals surface area contributed by atoms with E-state index in [1.54, 1.807) is 46.2 Å². The number of methoxy groups -OCH3 is 2. The van der Waals surface area contributed by atoms with Crippen LogP contribution in [0.4, 0.5) is 16.2 Å². The summed E-state index contributed by atoms with van der Waals surface area (Å²) < 4.78 is 35.6. The molecule has 4 rings (SSSR count). The molecule has 27 heavy (non-hydrogen) atoms. The highest BCUT2D eigenvalue weighted by Gasteiger charge is 2.55. The van der Waals surface area contributed by atoms with Crippen molar-refractivity contribution in [3.8, 4) is 11.5 Å². The van der Waals surface area contributed by atoms with Gasteiger partial charge in [-0.15, -0.1) is 0 Å². The van der Waals surface area contributed by atoms with Crippen molar-refractivity contribution in [2.75, 3.05) is 35.5 Å². The van der Waals surface area contributed by atoms with Crippen molar-refractivity contribution in [2.24, 2.45) is 0 Å². The summed E-state index contributed by atoms with van der Waals surface area (Å²) in [6.45, 7) is 0. The van der Waals surface area contributed by atoms with Gasteiger partial charge in [0.1, 0.15) is 11.5 Å². The summed E-state index contributed by atoms with van der Waals surface area (Å²) in [7, 11) is -0.211. The van der Waals surface area contributed by atoms with Gasteiger partial charge in [-0.1, -0.05) is 24.3 Å². The van der Waals surface area contributed by atoms with E-state index in [-0.39, 0.29) is 17.5 Å². The molecule has 7 nitrogen and oxygen atoms in total. The van der Waals surface area contributed by atoms with Crippen LogP contribution in [0.1, 0.15) is 0 Å². The topological polar surface area (TPSA) is 76.2 Å². The van der Waals surface area contributed by atoms with Crippen molar-refractivity contribution in [3.05, 3.63) is 48.5 Å². The molecule has 2 amide bonds. The molecule has 0 aromatic heterocycles. The zero-order valence-corrected chi connectivity index (χ0v) is 15.8. The molecule has 0 aliphatic carbocycles. The van der Waals surface area contributed by atoms with Gasteiger partial charge in [-0.3, -0.25) is 9.80 Å². The smallest absolute Gasteiger partial charge is 0.329 e. The average Bonchev–Trinajstić information content (AvgIpc) is 3.10. The quantitative estimate of drug-likeness (QED) is 0.752. The number of hydrogen-bond donors (Lipinski definition) is 0. The normalized spacial score (nSPS) is 23.4. The summed E-state index contributed by atoms with van der Waals surface area (Å²) >= 11 is 0. The first-order valence-electron chi connectivity index (χ1n) is 8.55. The van der Waals surface area contributed by atoms with Crippen LogP contribution in [-0.2, 0) is 9.84 Å². The van der Waals surface area contributed by atoms with Gasteiger partial charge in [-0.05, 0) is 24.3 Å². The Morgan fingerprint density at radius 1 is 0.815 bits per heavy atom. The molecule has 2 fully saturated rings. The van der Waals surface area contributed by atoms with Crippen molar-refractivity contribution >= 4 is 27.2 Å². The van der Waals surface area contributed by atoms with E-state index in [4.69, 9.17) is 9.47 Å². The molecular weight excluding hydrogens is 368 g/mol. The highest BCUT2D eigenvalue weighted by atomic mass is 32.2. The zero-order valence-electron chi connectivity index (χ0n) is 15.0. The number of para-hydroxylation sites is 4. The maximum Gasteiger partial charge on any atom is 0.329 e. The van der Waals surface area contributed by atoms with Crippen LogP contribution in [0.2, 0.25) is 0 Å². The maximum atomic E-state index is 13.4. The second-order valence-electron chi connectivity index (χ2n) is 6.58. The fraction of sp³-hybridized carbons (Fsp3) is 0.316. The Bertz CT molecular complexity index is 920. The van der Waals surface area contributed by atoms with Crippen molar-refractivity contribution in [3.63, 3.8) is 0 Å². The average molecular weight is 388 g/mol. The Labute approximate surface area is 158 Å². The lowest BCUT2D eigenvalue weighted by Crippen LogP contribution is -2.38. The third kappa shape index (κ3) is 2.80. The molecule has 0 saturated carbocycles. The minimum Gasteiger partial charge on any atom is -0.495 e. The molecule has 2 aliphatic rings. The molecular formula is C19H20N2O5S. The van der Waals surface area contributed by atoms with Gasteiger partial charge in [-0.25, -0.2) is 13.2 Å². The van der Waals surface area contributed by atoms with Gasteiger partial charge in [0.15, 0.2) is 9.84 Å². The van der Waals surface area contributed by atoms with Crippen LogP contribution in [0.25, 0.3) is 0 Å².